The monoisotopic (exact) mass is 268 g/mol. The molecule has 2 fully saturated rings. The summed E-state index contributed by atoms with van der Waals surface area (Å²) in [6, 6.07) is 9.97. The van der Waals surface area contributed by atoms with E-state index in [0.29, 0.717) is 0 Å². The largest absolute Gasteiger partial charge is 0.382 e. The Morgan fingerprint density at radius 2 is 2.12 bits per heavy atom. The average molecular weight is 268 g/mol. The van der Waals surface area contributed by atoms with E-state index in [1.165, 1.54) is 12.0 Å². The number of benzene rings is 1. The van der Waals surface area contributed by atoms with Crippen molar-refractivity contribution in [3.05, 3.63) is 40.8 Å². The first kappa shape index (κ1) is 11.6. The summed E-state index contributed by atoms with van der Waals surface area (Å²) in [7, 11) is 0. The predicted molar refractivity (Wildman–Crippen MR) is 70.2 cm³/mol. The van der Waals surface area contributed by atoms with E-state index >= 15 is 0 Å². The lowest BCUT2D eigenvalue weighted by Crippen LogP contribution is -2.42. The summed E-state index contributed by atoms with van der Waals surface area (Å²) in [4.78, 5) is 0.915. The van der Waals surface area contributed by atoms with Crippen molar-refractivity contribution in [1.29, 1.82) is 0 Å². The van der Waals surface area contributed by atoms with Crippen molar-refractivity contribution in [3.63, 3.8) is 0 Å². The fourth-order valence-corrected chi connectivity index (χ4v) is 3.67. The summed E-state index contributed by atoms with van der Waals surface area (Å²) in [6.45, 7) is 0. The second-order valence-corrected chi connectivity index (χ2v) is 5.83. The summed E-state index contributed by atoms with van der Waals surface area (Å²) in [5, 5.41) is 10.1. The molecule has 3 nitrogen and oxygen atoms in total. The lowest BCUT2D eigenvalue weighted by molar-refractivity contribution is -0.142. The Kier molecular flexibility index (Phi) is 3.44. The summed E-state index contributed by atoms with van der Waals surface area (Å²) >= 11 is 2.94. The van der Waals surface area contributed by atoms with Gasteiger partial charge in [-0.2, -0.15) is 0 Å². The molecular weight excluding hydrogens is 256 g/mol. The predicted octanol–water partition coefficient (Wildman–Crippen LogP) is 2.48. The van der Waals surface area contributed by atoms with E-state index in [1.54, 1.807) is 11.8 Å². The van der Waals surface area contributed by atoms with Crippen LogP contribution < -0.4 is 0 Å². The fourth-order valence-electron chi connectivity index (χ4n) is 1.75. The molecule has 0 aromatic heterocycles. The van der Waals surface area contributed by atoms with Crippen LogP contribution in [-0.4, -0.2) is 28.7 Å². The minimum atomic E-state index is -0.691. The number of fused-ring (bicyclic) bond motifs is 2. The smallest absolute Gasteiger partial charge is 0.202 e. The van der Waals surface area contributed by atoms with Crippen LogP contribution in [0.2, 0.25) is 0 Å². The highest BCUT2D eigenvalue weighted by molar-refractivity contribution is 8.05. The molecule has 1 aromatic rings. The van der Waals surface area contributed by atoms with Crippen molar-refractivity contribution in [1.82, 2.24) is 0 Å². The van der Waals surface area contributed by atoms with Crippen LogP contribution in [0.1, 0.15) is 5.56 Å². The Hall–Kier alpha value is -0.460. The molecule has 17 heavy (non-hydrogen) atoms. The normalized spacial score (nSPS) is 34.9. The fraction of sp³-hybridized carbons (Fsp3) is 0.333. The van der Waals surface area contributed by atoms with Crippen LogP contribution >= 0.6 is 23.8 Å². The topological polar surface area (TPSA) is 38.7 Å². The van der Waals surface area contributed by atoms with Crippen molar-refractivity contribution in [2.75, 3.05) is 5.75 Å². The van der Waals surface area contributed by atoms with Gasteiger partial charge in [-0.1, -0.05) is 42.1 Å². The lowest BCUT2D eigenvalue weighted by Gasteiger charge is -2.37. The third kappa shape index (κ3) is 2.53. The Labute approximate surface area is 108 Å². The second-order valence-electron chi connectivity index (χ2n) is 3.83. The van der Waals surface area contributed by atoms with E-state index < -0.39 is 12.4 Å². The molecule has 1 aromatic carbocycles. The molecule has 3 rings (SSSR count). The van der Waals surface area contributed by atoms with Crippen molar-refractivity contribution in [2.24, 2.45) is 0 Å². The molecule has 5 heteroatoms. The Balaban J connectivity index is 1.85. The number of rotatable bonds is 1. The molecule has 2 aliphatic heterocycles. The summed E-state index contributed by atoms with van der Waals surface area (Å²) in [5.74, 6) is 0.792. The number of aliphatic hydroxyl groups excluding tert-OH is 1. The Morgan fingerprint density at radius 3 is 2.94 bits per heavy atom. The van der Waals surface area contributed by atoms with Crippen LogP contribution in [-0.2, 0) is 8.92 Å². The maximum absolute atomic E-state index is 10.1. The van der Waals surface area contributed by atoms with Crippen LogP contribution in [0.5, 0.6) is 0 Å². The minimum absolute atomic E-state index is 0.0807. The SMILES string of the molecule is OC1/C(=C\c2ccccc2)S[C@H]2CSO[C@@H]1O2. The summed E-state index contributed by atoms with van der Waals surface area (Å²) in [5.41, 5.74) is 1.17. The highest BCUT2D eigenvalue weighted by Crippen LogP contribution is 2.41. The molecule has 2 heterocycles. The highest BCUT2D eigenvalue weighted by Gasteiger charge is 2.38. The third-order valence-corrected chi connectivity index (χ3v) is 4.73. The van der Waals surface area contributed by atoms with E-state index in [9.17, 15) is 5.11 Å². The van der Waals surface area contributed by atoms with Crippen molar-refractivity contribution >= 4 is 29.9 Å². The van der Waals surface area contributed by atoms with Gasteiger partial charge in [0.25, 0.3) is 0 Å². The van der Waals surface area contributed by atoms with Gasteiger partial charge in [0.05, 0.1) is 5.75 Å². The van der Waals surface area contributed by atoms with Crippen molar-refractivity contribution < 1.29 is 14.0 Å². The van der Waals surface area contributed by atoms with Crippen LogP contribution in [0.15, 0.2) is 35.2 Å². The summed E-state index contributed by atoms with van der Waals surface area (Å²) in [6.07, 6.45) is 0.774. The number of thioether (sulfide) groups is 1. The van der Waals surface area contributed by atoms with Crippen molar-refractivity contribution in [2.45, 2.75) is 17.8 Å². The first-order chi connectivity index (χ1) is 8.33. The third-order valence-electron chi connectivity index (χ3n) is 2.58. The molecule has 0 spiro atoms. The first-order valence-electron chi connectivity index (χ1n) is 5.38. The molecule has 0 amide bonds. The zero-order chi connectivity index (χ0) is 11.7. The van der Waals surface area contributed by atoms with E-state index in [1.807, 2.05) is 36.4 Å². The Morgan fingerprint density at radius 1 is 1.29 bits per heavy atom. The molecule has 0 saturated carbocycles. The zero-order valence-corrected chi connectivity index (χ0v) is 10.6. The lowest BCUT2D eigenvalue weighted by atomic mass is 10.2. The number of hydrogen-bond donors (Lipinski definition) is 1. The van der Waals surface area contributed by atoms with Gasteiger partial charge in [0.2, 0.25) is 6.29 Å². The van der Waals surface area contributed by atoms with Crippen LogP contribution in [0.25, 0.3) is 6.08 Å². The van der Waals surface area contributed by atoms with Gasteiger partial charge in [-0.3, -0.25) is 4.18 Å². The minimum Gasteiger partial charge on any atom is -0.382 e. The molecule has 0 radical (unpaired) electrons. The van der Waals surface area contributed by atoms with Gasteiger partial charge in [0.1, 0.15) is 11.5 Å². The van der Waals surface area contributed by atoms with Gasteiger partial charge < -0.3 is 9.84 Å². The summed E-state index contributed by atoms with van der Waals surface area (Å²) < 4.78 is 10.9. The van der Waals surface area contributed by atoms with Crippen LogP contribution in [0.3, 0.4) is 0 Å². The molecule has 2 bridgehead atoms. The van der Waals surface area contributed by atoms with Crippen LogP contribution in [0.4, 0.5) is 0 Å². The highest BCUT2D eigenvalue weighted by atomic mass is 32.2. The molecule has 0 aliphatic carbocycles. The number of ether oxygens (including phenoxy) is 1. The van der Waals surface area contributed by atoms with Crippen molar-refractivity contribution in [3.8, 4) is 0 Å². The Bertz CT molecular complexity index is 421. The van der Waals surface area contributed by atoms with E-state index in [-0.39, 0.29) is 5.44 Å². The second kappa shape index (κ2) is 5.04. The van der Waals surface area contributed by atoms with Gasteiger partial charge in [0, 0.05) is 4.91 Å². The number of aliphatic hydroxyl groups is 1. The van der Waals surface area contributed by atoms with E-state index in [4.69, 9.17) is 8.92 Å². The maximum Gasteiger partial charge on any atom is 0.202 e. The van der Waals surface area contributed by atoms with Gasteiger partial charge in [-0.25, -0.2) is 0 Å². The van der Waals surface area contributed by atoms with Gasteiger partial charge >= 0.3 is 0 Å². The maximum atomic E-state index is 10.1. The molecule has 90 valence electrons. The van der Waals surface area contributed by atoms with Gasteiger partial charge in [-0.05, 0) is 23.7 Å². The van der Waals surface area contributed by atoms with E-state index in [2.05, 4.69) is 0 Å². The van der Waals surface area contributed by atoms with E-state index in [0.717, 1.165) is 16.2 Å². The molecular formula is C12H12O3S2. The number of hydrogen-bond acceptors (Lipinski definition) is 5. The molecule has 1 N–H and O–H groups in total. The van der Waals surface area contributed by atoms with Crippen LogP contribution in [0, 0.1) is 0 Å². The molecule has 2 aliphatic rings. The first-order valence-corrected chi connectivity index (χ1v) is 7.17. The average Bonchev–Trinajstić information content (AvgIpc) is 2.37. The van der Waals surface area contributed by atoms with Gasteiger partial charge in [0.15, 0.2) is 0 Å². The molecule has 2 saturated heterocycles. The van der Waals surface area contributed by atoms with Gasteiger partial charge in [-0.15, -0.1) is 0 Å². The molecule has 1 unspecified atom stereocenters. The quantitative estimate of drug-likeness (QED) is 0.792. The zero-order valence-electron chi connectivity index (χ0n) is 8.98. The molecule has 3 atom stereocenters. The standard InChI is InChI=1S/C12H12O3S2/c13-11-9(6-8-4-2-1-3-5-8)17-10-7-16-15-12(11)14-10/h1-6,10-13H,7H2/b9-6+/t10-,11?,12-/m0/s1.